The molecule has 0 aromatic heterocycles. The van der Waals surface area contributed by atoms with Crippen LogP contribution in [0.4, 0.5) is 0 Å². The minimum absolute atomic E-state index is 0.00848. The number of carbonyl (C=O) groups excluding carboxylic acids is 1. The second-order valence-electron chi connectivity index (χ2n) is 5.91. The van der Waals surface area contributed by atoms with Crippen molar-refractivity contribution in [1.82, 2.24) is 10.2 Å². The van der Waals surface area contributed by atoms with Crippen LogP contribution in [0.25, 0.3) is 0 Å². The van der Waals surface area contributed by atoms with E-state index in [0.29, 0.717) is 24.4 Å². The molecule has 22 heavy (non-hydrogen) atoms. The topological polar surface area (TPSA) is 52.6 Å². The van der Waals surface area contributed by atoms with Crippen molar-refractivity contribution < 1.29 is 9.90 Å². The summed E-state index contributed by atoms with van der Waals surface area (Å²) in [5, 5.41) is 12.7. The average molecular weight is 300 g/mol. The van der Waals surface area contributed by atoms with Crippen molar-refractivity contribution in [2.45, 2.75) is 26.7 Å². The molecule has 0 saturated carbocycles. The molecule has 4 nitrogen and oxygen atoms in total. The molecule has 0 atom stereocenters. The van der Waals surface area contributed by atoms with Crippen LogP contribution < -0.4 is 5.32 Å². The van der Waals surface area contributed by atoms with Crippen LogP contribution in [-0.2, 0) is 11.2 Å². The third-order valence-electron chi connectivity index (χ3n) is 4.19. The predicted octanol–water partition coefficient (Wildman–Crippen LogP) is 2.62. The maximum atomic E-state index is 12.1. The molecule has 1 amide bonds. The highest BCUT2D eigenvalue weighted by Crippen LogP contribution is 2.22. The van der Waals surface area contributed by atoms with Crippen molar-refractivity contribution >= 4 is 5.91 Å². The number of hydrogen-bond donors (Lipinski definition) is 2. The van der Waals surface area contributed by atoms with Gasteiger partial charge in [0, 0.05) is 13.6 Å². The van der Waals surface area contributed by atoms with Crippen molar-refractivity contribution in [3.63, 3.8) is 0 Å². The van der Waals surface area contributed by atoms with Crippen LogP contribution in [0.3, 0.4) is 0 Å². The molecule has 0 spiro atoms. The van der Waals surface area contributed by atoms with Gasteiger partial charge < -0.3 is 15.3 Å². The van der Waals surface area contributed by atoms with Gasteiger partial charge in [0.1, 0.15) is 5.76 Å². The number of benzene rings is 1. The molecular formula is C18H24N2O2. The lowest BCUT2D eigenvalue weighted by molar-refractivity contribution is -0.117. The Morgan fingerprint density at radius 3 is 2.68 bits per heavy atom. The van der Waals surface area contributed by atoms with Crippen LogP contribution >= 0.6 is 0 Å². The summed E-state index contributed by atoms with van der Waals surface area (Å²) >= 11 is 0. The Balaban J connectivity index is 1.80. The van der Waals surface area contributed by atoms with Gasteiger partial charge in [-0.05, 0) is 43.4 Å². The van der Waals surface area contributed by atoms with Crippen LogP contribution in [-0.4, -0.2) is 36.1 Å². The van der Waals surface area contributed by atoms with E-state index >= 15 is 0 Å². The summed E-state index contributed by atoms with van der Waals surface area (Å²) in [4.78, 5) is 13.8. The minimum Gasteiger partial charge on any atom is -0.505 e. The van der Waals surface area contributed by atoms with Crippen molar-refractivity contribution in [3.8, 4) is 0 Å². The molecule has 2 N–H and O–H groups in total. The van der Waals surface area contributed by atoms with Gasteiger partial charge in [0.15, 0.2) is 0 Å². The third kappa shape index (κ3) is 3.50. The van der Waals surface area contributed by atoms with E-state index in [2.05, 4.69) is 43.9 Å². The molecule has 1 aromatic carbocycles. The number of aryl methyl sites for hydroxylation is 3. The average Bonchev–Trinajstić information content (AvgIpc) is 2.74. The Kier molecular flexibility index (Phi) is 4.91. The highest BCUT2D eigenvalue weighted by molar-refractivity contribution is 5.95. The SMILES string of the molecule is C=C1C(O)=C(C(=O)NCCCc2ccc(C)c(C)c2)CN1C. The number of hydrogen-bond acceptors (Lipinski definition) is 3. The Morgan fingerprint density at radius 2 is 2.09 bits per heavy atom. The predicted molar refractivity (Wildman–Crippen MR) is 88.7 cm³/mol. The zero-order valence-corrected chi connectivity index (χ0v) is 13.6. The van der Waals surface area contributed by atoms with Crippen molar-refractivity contribution in [1.29, 1.82) is 0 Å². The first kappa shape index (κ1) is 16.1. The van der Waals surface area contributed by atoms with Gasteiger partial charge in [-0.3, -0.25) is 4.79 Å². The first-order valence-electron chi connectivity index (χ1n) is 7.57. The molecule has 1 aromatic rings. The third-order valence-corrected chi connectivity index (χ3v) is 4.19. The second-order valence-corrected chi connectivity index (χ2v) is 5.91. The van der Waals surface area contributed by atoms with E-state index in [1.54, 1.807) is 11.9 Å². The zero-order valence-electron chi connectivity index (χ0n) is 13.6. The molecule has 0 bridgehead atoms. The van der Waals surface area contributed by atoms with Crippen molar-refractivity contribution in [2.75, 3.05) is 20.1 Å². The Bertz CT molecular complexity index is 632. The number of amides is 1. The molecule has 0 unspecified atom stereocenters. The first-order valence-corrected chi connectivity index (χ1v) is 7.57. The first-order chi connectivity index (χ1) is 10.4. The van der Waals surface area contributed by atoms with Gasteiger partial charge in [-0.25, -0.2) is 0 Å². The van der Waals surface area contributed by atoms with Crippen LogP contribution in [0, 0.1) is 13.8 Å². The van der Waals surface area contributed by atoms with E-state index in [4.69, 9.17) is 0 Å². The molecule has 1 heterocycles. The summed E-state index contributed by atoms with van der Waals surface area (Å²) in [6.45, 7) is 8.96. The van der Waals surface area contributed by atoms with Gasteiger partial charge in [-0.2, -0.15) is 0 Å². The summed E-state index contributed by atoms with van der Waals surface area (Å²) in [7, 11) is 1.80. The molecule has 1 aliphatic heterocycles. The zero-order chi connectivity index (χ0) is 16.3. The van der Waals surface area contributed by atoms with Crippen LogP contribution in [0.5, 0.6) is 0 Å². The highest BCUT2D eigenvalue weighted by atomic mass is 16.3. The summed E-state index contributed by atoms with van der Waals surface area (Å²) in [5.41, 5.74) is 4.78. The maximum Gasteiger partial charge on any atom is 0.252 e. The fourth-order valence-corrected chi connectivity index (χ4v) is 2.50. The number of likely N-dealkylation sites (N-methyl/N-ethyl adjacent to an activating group) is 1. The van der Waals surface area contributed by atoms with Gasteiger partial charge in [0.2, 0.25) is 0 Å². The van der Waals surface area contributed by atoms with Gasteiger partial charge in [0.25, 0.3) is 5.91 Å². The van der Waals surface area contributed by atoms with E-state index in [1.807, 2.05) is 0 Å². The summed E-state index contributed by atoms with van der Waals surface area (Å²) in [5.74, 6) is -0.197. The molecule has 1 aliphatic rings. The van der Waals surface area contributed by atoms with E-state index in [1.165, 1.54) is 16.7 Å². The number of nitrogens with one attached hydrogen (secondary N) is 1. The number of carbonyl (C=O) groups is 1. The molecule has 0 aliphatic carbocycles. The maximum absolute atomic E-state index is 12.1. The van der Waals surface area contributed by atoms with E-state index in [9.17, 15) is 9.90 Å². The molecule has 2 rings (SSSR count). The number of nitrogens with zero attached hydrogens (tertiary/aromatic N) is 1. The molecule has 0 saturated heterocycles. The Labute approximate surface area is 132 Å². The summed E-state index contributed by atoms with van der Waals surface area (Å²) in [6, 6.07) is 6.46. The van der Waals surface area contributed by atoms with E-state index < -0.39 is 0 Å². The summed E-state index contributed by atoms with van der Waals surface area (Å²) < 4.78 is 0. The molecule has 118 valence electrons. The Morgan fingerprint density at radius 1 is 1.36 bits per heavy atom. The summed E-state index contributed by atoms with van der Waals surface area (Å²) in [6.07, 6.45) is 1.80. The van der Waals surface area contributed by atoms with E-state index in [0.717, 1.165) is 12.8 Å². The van der Waals surface area contributed by atoms with Gasteiger partial charge >= 0.3 is 0 Å². The van der Waals surface area contributed by atoms with Crippen molar-refractivity contribution in [2.24, 2.45) is 0 Å². The van der Waals surface area contributed by atoms with Gasteiger partial charge in [0.05, 0.1) is 17.8 Å². The second kappa shape index (κ2) is 6.69. The smallest absolute Gasteiger partial charge is 0.252 e. The quantitative estimate of drug-likeness (QED) is 0.822. The van der Waals surface area contributed by atoms with Gasteiger partial charge in [-0.15, -0.1) is 0 Å². The van der Waals surface area contributed by atoms with E-state index in [-0.39, 0.29) is 11.7 Å². The standard InChI is InChI=1S/C18H24N2O2/c1-12-7-8-15(10-13(12)2)6-5-9-19-18(22)16-11-20(4)14(3)17(16)21/h7-8,10,21H,3,5-6,9,11H2,1-2,4H3,(H,19,22). The minimum atomic E-state index is -0.205. The monoisotopic (exact) mass is 300 g/mol. The lowest BCUT2D eigenvalue weighted by Crippen LogP contribution is -2.28. The van der Waals surface area contributed by atoms with Crippen LogP contribution in [0.2, 0.25) is 0 Å². The molecular weight excluding hydrogens is 276 g/mol. The highest BCUT2D eigenvalue weighted by Gasteiger charge is 2.26. The van der Waals surface area contributed by atoms with Crippen LogP contribution in [0.1, 0.15) is 23.1 Å². The number of aliphatic hydroxyl groups is 1. The molecule has 0 fully saturated rings. The normalized spacial score (nSPS) is 14.7. The number of rotatable bonds is 5. The molecule has 4 heteroatoms. The fourth-order valence-electron chi connectivity index (χ4n) is 2.50. The van der Waals surface area contributed by atoms with Gasteiger partial charge in [-0.1, -0.05) is 24.8 Å². The van der Waals surface area contributed by atoms with Crippen molar-refractivity contribution in [3.05, 3.63) is 58.5 Å². The molecule has 0 radical (unpaired) electrons. The number of aliphatic hydroxyl groups excluding tert-OH is 1. The largest absolute Gasteiger partial charge is 0.505 e. The lowest BCUT2D eigenvalue weighted by atomic mass is 10.0. The lowest BCUT2D eigenvalue weighted by Gasteiger charge is -2.11. The van der Waals surface area contributed by atoms with Crippen LogP contribution in [0.15, 0.2) is 41.8 Å². The Hall–Kier alpha value is -2.23. The fraction of sp³-hybridized carbons (Fsp3) is 0.389.